The predicted molar refractivity (Wildman–Crippen MR) is 96.1 cm³/mol. The molecule has 0 saturated carbocycles. The van der Waals surface area contributed by atoms with E-state index in [1.807, 2.05) is 31.2 Å². The summed E-state index contributed by atoms with van der Waals surface area (Å²) >= 11 is 0. The van der Waals surface area contributed by atoms with Gasteiger partial charge in [0, 0.05) is 11.6 Å². The van der Waals surface area contributed by atoms with Crippen LogP contribution in [-0.4, -0.2) is 22.7 Å². The Kier molecular flexibility index (Phi) is 5.94. The lowest BCUT2D eigenvalue weighted by Crippen LogP contribution is -2.01. The van der Waals surface area contributed by atoms with Crippen molar-refractivity contribution < 1.29 is 23.2 Å². The van der Waals surface area contributed by atoms with E-state index in [0.717, 1.165) is 6.08 Å². The Hall–Kier alpha value is -3.48. The fraction of sp³-hybridized carbons (Fsp3) is 0.150. The van der Waals surface area contributed by atoms with Gasteiger partial charge in [0.2, 0.25) is 5.82 Å². The summed E-state index contributed by atoms with van der Waals surface area (Å²) in [7, 11) is 0. The highest BCUT2D eigenvalue weighted by molar-refractivity contribution is 5.87. The number of nitrogens with zero attached hydrogens (tertiary/aromatic N) is 2. The molecule has 1 aromatic heterocycles. The minimum atomic E-state index is -0.646. The summed E-state index contributed by atoms with van der Waals surface area (Å²) in [6, 6.07) is 13.4. The molecule has 138 valence electrons. The molecular weight excluding hydrogens is 351 g/mol. The number of hydrogen-bond donors (Lipinski definition) is 0. The summed E-state index contributed by atoms with van der Waals surface area (Å²) < 4.78 is 29.2. The molecule has 0 radical (unpaired) electrons. The molecule has 0 saturated heterocycles. The average molecular weight is 368 g/mol. The first-order valence-electron chi connectivity index (χ1n) is 8.31. The van der Waals surface area contributed by atoms with Gasteiger partial charge in [-0.25, -0.2) is 9.18 Å². The van der Waals surface area contributed by atoms with Gasteiger partial charge in [0.05, 0.1) is 12.2 Å². The third-order valence-electron chi connectivity index (χ3n) is 3.54. The zero-order valence-electron chi connectivity index (χ0n) is 14.6. The van der Waals surface area contributed by atoms with E-state index in [1.54, 1.807) is 18.2 Å². The molecule has 0 amide bonds. The van der Waals surface area contributed by atoms with Crippen molar-refractivity contribution in [3.63, 3.8) is 0 Å². The van der Waals surface area contributed by atoms with Gasteiger partial charge >= 0.3 is 5.97 Å². The Morgan fingerprint density at radius 1 is 1.19 bits per heavy atom. The lowest BCUT2D eigenvalue weighted by Gasteiger charge is -2.05. The van der Waals surface area contributed by atoms with Crippen LogP contribution in [0, 0.1) is 5.82 Å². The van der Waals surface area contributed by atoms with Crippen molar-refractivity contribution in [3.05, 3.63) is 71.9 Å². The first kappa shape index (κ1) is 18.3. The average Bonchev–Trinajstić information content (AvgIpc) is 3.15. The van der Waals surface area contributed by atoms with E-state index in [1.165, 1.54) is 12.1 Å². The van der Waals surface area contributed by atoms with Gasteiger partial charge in [0.1, 0.15) is 11.6 Å². The molecule has 3 aromatic rings. The predicted octanol–water partition coefficient (Wildman–Crippen LogP) is 4.03. The molecule has 0 spiro atoms. The molecule has 3 rings (SSSR count). The molecular formula is C20H17FN2O4. The summed E-state index contributed by atoms with van der Waals surface area (Å²) in [6.07, 6.45) is 2.48. The second kappa shape index (κ2) is 8.75. The van der Waals surface area contributed by atoms with Crippen molar-refractivity contribution in [1.82, 2.24) is 10.1 Å². The van der Waals surface area contributed by atoms with Gasteiger partial charge in [-0.05, 0) is 31.2 Å². The maximum atomic E-state index is 13.5. The van der Waals surface area contributed by atoms with Gasteiger partial charge in [0.15, 0.2) is 6.61 Å². The van der Waals surface area contributed by atoms with Gasteiger partial charge in [-0.3, -0.25) is 0 Å². The zero-order valence-corrected chi connectivity index (χ0v) is 14.6. The van der Waals surface area contributed by atoms with Crippen LogP contribution in [0.2, 0.25) is 0 Å². The van der Waals surface area contributed by atoms with Crippen molar-refractivity contribution in [2.75, 3.05) is 6.61 Å². The number of aromatic nitrogens is 2. The standard InChI is InChI=1S/C20H17FN2O4/c1-2-25-17-10-6-4-8-15(17)20-22-18(27-23-20)13-26-19(24)12-11-14-7-3-5-9-16(14)21/h3-12H,2,13H2,1H3/b12-11+. The smallest absolute Gasteiger partial charge is 0.331 e. The number of carbonyl (C=O) groups is 1. The minimum Gasteiger partial charge on any atom is -0.493 e. The lowest BCUT2D eigenvalue weighted by molar-refractivity contribution is -0.139. The number of para-hydroxylation sites is 1. The van der Waals surface area contributed by atoms with Gasteiger partial charge in [-0.2, -0.15) is 4.98 Å². The highest BCUT2D eigenvalue weighted by Gasteiger charge is 2.14. The molecule has 27 heavy (non-hydrogen) atoms. The van der Waals surface area contributed by atoms with Crippen LogP contribution >= 0.6 is 0 Å². The summed E-state index contributed by atoms with van der Waals surface area (Å²) in [4.78, 5) is 16.0. The largest absolute Gasteiger partial charge is 0.493 e. The molecule has 2 aromatic carbocycles. The zero-order chi connectivity index (χ0) is 19.1. The first-order chi connectivity index (χ1) is 13.2. The summed E-state index contributed by atoms with van der Waals surface area (Å²) in [5.41, 5.74) is 0.974. The van der Waals surface area contributed by atoms with Crippen LogP contribution in [0.3, 0.4) is 0 Å². The van der Waals surface area contributed by atoms with E-state index in [2.05, 4.69) is 10.1 Å². The number of carbonyl (C=O) groups excluding carboxylic acids is 1. The second-order valence-electron chi connectivity index (χ2n) is 5.40. The molecule has 0 aliphatic heterocycles. The molecule has 0 N–H and O–H groups in total. The van der Waals surface area contributed by atoms with E-state index in [-0.39, 0.29) is 12.5 Å². The third kappa shape index (κ3) is 4.78. The number of esters is 1. The third-order valence-corrected chi connectivity index (χ3v) is 3.54. The van der Waals surface area contributed by atoms with E-state index >= 15 is 0 Å². The Morgan fingerprint density at radius 3 is 2.78 bits per heavy atom. The van der Waals surface area contributed by atoms with Crippen LogP contribution < -0.4 is 4.74 Å². The summed E-state index contributed by atoms with van der Waals surface area (Å²) in [5, 5.41) is 3.89. The normalized spacial score (nSPS) is 10.9. The van der Waals surface area contributed by atoms with Crippen LogP contribution in [0.1, 0.15) is 18.4 Å². The molecule has 0 fully saturated rings. The second-order valence-corrected chi connectivity index (χ2v) is 5.40. The maximum Gasteiger partial charge on any atom is 0.331 e. The Bertz CT molecular complexity index is 952. The fourth-order valence-corrected chi connectivity index (χ4v) is 2.30. The van der Waals surface area contributed by atoms with E-state index in [9.17, 15) is 9.18 Å². The molecule has 0 aliphatic rings. The summed E-state index contributed by atoms with van der Waals surface area (Å²) in [6.45, 7) is 2.20. The SMILES string of the molecule is CCOc1ccccc1-c1noc(COC(=O)/C=C/c2ccccc2F)n1. The van der Waals surface area contributed by atoms with Crippen LogP contribution in [0.5, 0.6) is 5.75 Å². The lowest BCUT2D eigenvalue weighted by atomic mass is 10.2. The van der Waals surface area contributed by atoms with Crippen molar-refractivity contribution >= 4 is 12.0 Å². The monoisotopic (exact) mass is 368 g/mol. The van der Waals surface area contributed by atoms with Crippen molar-refractivity contribution in [1.29, 1.82) is 0 Å². The Morgan fingerprint density at radius 2 is 1.96 bits per heavy atom. The van der Waals surface area contributed by atoms with E-state index in [4.69, 9.17) is 14.0 Å². The number of halogens is 1. The quantitative estimate of drug-likeness (QED) is 0.463. The molecule has 0 bridgehead atoms. The van der Waals surface area contributed by atoms with Gasteiger partial charge in [0.25, 0.3) is 5.89 Å². The Labute approximate surface area is 155 Å². The molecule has 6 nitrogen and oxygen atoms in total. The van der Waals surface area contributed by atoms with Crippen molar-refractivity contribution in [2.24, 2.45) is 0 Å². The molecule has 7 heteroatoms. The number of ether oxygens (including phenoxy) is 2. The van der Waals surface area contributed by atoms with Crippen LogP contribution in [0.15, 0.2) is 59.1 Å². The maximum absolute atomic E-state index is 13.5. The molecule has 0 atom stereocenters. The highest BCUT2D eigenvalue weighted by atomic mass is 19.1. The summed E-state index contributed by atoms with van der Waals surface area (Å²) in [5.74, 6) is 0.0527. The number of hydrogen-bond acceptors (Lipinski definition) is 6. The van der Waals surface area contributed by atoms with E-state index in [0.29, 0.717) is 29.3 Å². The van der Waals surface area contributed by atoms with Crippen LogP contribution in [0.4, 0.5) is 4.39 Å². The van der Waals surface area contributed by atoms with Crippen LogP contribution in [-0.2, 0) is 16.1 Å². The first-order valence-corrected chi connectivity index (χ1v) is 8.31. The van der Waals surface area contributed by atoms with E-state index < -0.39 is 11.8 Å². The highest BCUT2D eigenvalue weighted by Crippen LogP contribution is 2.27. The topological polar surface area (TPSA) is 74.5 Å². The van der Waals surface area contributed by atoms with Gasteiger partial charge in [-0.1, -0.05) is 35.5 Å². The number of benzene rings is 2. The van der Waals surface area contributed by atoms with Crippen molar-refractivity contribution in [2.45, 2.75) is 13.5 Å². The minimum absolute atomic E-state index is 0.143. The van der Waals surface area contributed by atoms with Crippen molar-refractivity contribution in [3.8, 4) is 17.1 Å². The van der Waals surface area contributed by atoms with Gasteiger partial charge in [-0.15, -0.1) is 0 Å². The number of rotatable bonds is 7. The fourth-order valence-electron chi connectivity index (χ4n) is 2.30. The van der Waals surface area contributed by atoms with Gasteiger partial charge < -0.3 is 14.0 Å². The van der Waals surface area contributed by atoms with Crippen LogP contribution in [0.25, 0.3) is 17.5 Å². The molecule has 0 aliphatic carbocycles. The Balaban J connectivity index is 1.62. The molecule has 1 heterocycles. The molecule has 0 unspecified atom stereocenters.